The second-order valence-corrected chi connectivity index (χ2v) is 4.22. The van der Waals surface area contributed by atoms with Gasteiger partial charge in [-0.15, -0.1) is 0 Å². The Bertz CT molecular complexity index is 488. The predicted octanol–water partition coefficient (Wildman–Crippen LogP) is -0.0378. The highest BCUT2D eigenvalue weighted by atomic mass is 16.2. The summed E-state index contributed by atoms with van der Waals surface area (Å²) in [5.74, 6) is 5.59. The first kappa shape index (κ1) is 12.6. The fraction of sp³-hybridized carbons (Fsp3) is 0.357. The average Bonchev–Trinajstić information content (AvgIpc) is 2.37. The molecule has 1 aromatic rings. The van der Waals surface area contributed by atoms with Crippen LogP contribution >= 0.6 is 0 Å². The molecule has 1 aromatic carbocycles. The minimum Gasteiger partial charge on any atom is -0.384 e. The topological polar surface area (TPSA) is 52.6 Å². The largest absolute Gasteiger partial charge is 0.384 e. The summed E-state index contributed by atoms with van der Waals surface area (Å²) in [6.45, 7) is 2.66. The van der Waals surface area contributed by atoms with Crippen molar-refractivity contribution >= 4 is 5.91 Å². The van der Waals surface area contributed by atoms with E-state index in [0.29, 0.717) is 13.1 Å². The molecule has 4 nitrogen and oxygen atoms in total. The Morgan fingerprint density at radius 2 is 2.33 bits per heavy atom. The molecule has 94 valence electrons. The van der Waals surface area contributed by atoms with Gasteiger partial charge in [-0.3, -0.25) is 9.69 Å². The van der Waals surface area contributed by atoms with E-state index in [1.807, 2.05) is 24.3 Å². The highest BCUT2D eigenvalue weighted by Crippen LogP contribution is 2.08. The van der Waals surface area contributed by atoms with Gasteiger partial charge in [-0.25, -0.2) is 0 Å². The number of carbonyl (C=O) groups excluding carboxylic acids is 1. The summed E-state index contributed by atoms with van der Waals surface area (Å²) in [6, 6.07) is 7.88. The summed E-state index contributed by atoms with van der Waals surface area (Å²) in [4.78, 5) is 13.4. The Hall–Kier alpha value is -1.83. The summed E-state index contributed by atoms with van der Waals surface area (Å²) in [5.41, 5.74) is 2.03. The Labute approximate surface area is 107 Å². The molecule has 2 rings (SSSR count). The highest BCUT2D eigenvalue weighted by molar-refractivity contribution is 5.78. The standard InChI is InChI=1S/C14H16N2O2/c17-8-2-5-12-3-1-4-13(9-12)10-16-7-6-15-14(18)11-16/h1,3-4,9,17H,6-8,10-11H2,(H,15,18). The number of aliphatic hydroxyl groups is 1. The smallest absolute Gasteiger partial charge is 0.234 e. The van der Waals surface area contributed by atoms with Gasteiger partial charge in [0.15, 0.2) is 0 Å². The van der Waals surface area contributed by atoms with Gasteiger partial charge in [-0.05, 0) is 17.7 Å². The maximum atomic E-state index is 11.3. The van der Waals surface area contributed by atoms with Crippen molar-refractivity contribution in [3.63, 3.8) is 0 Å². The number of hydrogen-bond acceptors (Lipinski definition) is 3. The number of aliphatic hydroxyl groups excluding tert-OH is 1. The third-order valence-electron chi connectivity index (χ3n) is 2.76. The first-order valence-corrected chi connectivity index (χ1v) is 5.95. The van der Waals surface area contributed by atoms with Crippen molar-refractivity contribution in [1.29, 1.82) is 0 Å². The molecule has 0 spiro atoms. The van der Waals surface area contributed by atoms with Crippen LogP contribution in [0.3, 0.4) is 0 Å². The molecule has 0 aliphatic carbocycles. The lowest BCUT2D eigenvalue weighted by atomic mass is 10.1. The van der Waals surface area contributed by atoms with Crippen molar-refractivity contribution < 1.29 is 9.90 Å². The lowest BCUT2D eigenvalue weighted by Crippen LogP contribution is -2.47. The zero-order chi connectivity index (χ0) is 12.8. The van der Waals surface area contributed by atoms with E-state index in [-0.39, 0.29) is 12.5 Å². The molecular weight excluding hydrogens is 228 g/mol. The number of amides is 1. The number of hydrogen-bond donors (Lipinski definition) is 2. The molecule has 1 aliphatic rings. The number of piperazine rings is 1. The molecule has 0 bridgehead atoms. The molecule has 1 saturated heterocycles. The SMILES string of the molecule is O=C1CN(Cc2cccc(C#CCO)c2)CCN1. The summed E-state index contributed by atoms with van der Waals surface area (Å²) in [5, 5.41) is 11.5. The Balaban J connectivity index is 2.02. The highest BCUT2D eigenvalue weighted by Gasteiger charge is 2.15. The van der Waals surface area contributed by atoms with E-state index in [9.17, 15) is 4.79 Å². The van der Waals surface area contributed by atoms with Crippen LogP contribution in [0.1, 0.15) is 11.1 Å². The third-order valence-corrected chi connectivity index (χ3v) is 2.76. The Morgan fingerprint density at radius 3 is 3.11 bits per heavy atom. The van der Waals surface area contributed by atoms with E-state index in [1.54, 1.807) is 0 Å². The van der Waals surface area contributed by atoms with Crippen LogP contribution in [0.5, 0.6) is 0 Å². The number of rotatable bonds is 2. The van der Waals surface area contributed by atoms with Gasteiger partial charge >= 0.3 is 0 Å². The third kappa shape index (κ3) is 3.59. The van der Waals surface area contributed by atoms with Gasteiger partial charge < -0.3 is 10.4 Å². The summed E-state index contributed by atoms with van der Waals surface area (Å²) < 4.78 is 0. The van der Waals surface area contributed by atoms with Crippen LogP contribution < -0.4 is 5.32 Å². The van der Waals surface area contributed by atoms with Crippen LogP contribution in [0.25, 0.3) is 0 Å². The van der Waals surface area contributed by atoms with Crippen molar-refractivity contribution in [2.45, 2.75) is 6.54 Å². The van der Waals surface area contributed by atoms with Crippen molar-refractivity contribution in [3.05, 3.63) is 35.4 Å². The molecule has 1 fully saturated rings. The van der Waals surface area contributed by atoms with Crippen molar-refractivity contribution in [3.8, 4) is 11.8 Å². The summed E-state index contributed by atoms with van der Waals surface area (Å²) in [6.07, 6.45) is 0. The van der Waals surface area contributed by atoms with Gasteiger partial charge in [-0.2, -0.15) is 0 Å². The van der Waals surface area contributed by atoms with Crippen molar-refractivity contribution in [2.24, 2.45) is 0 Å². The number of nitrogens with one attached hydrogen (secondary N) is 1. The second kappa shape index (κ2) is 6.20. The van der Waals surface area contributed by atoms with Crippen molar-refractivity contribution in [2.75, 3.05) is 26.2 Å². The van der Waals surface area contributed by atoms with Crippen LogP contribution in [0.2, 0.25) is 0 Å². The maximum absolute atomic E-state index is 11.3. The van der Waals surface area contributed by atoms with E-state index >= 15 is 0 Å². The van der Waals surface area contributed by atoms with Gasteiger partial charge in [-0.1, -0.05) is 24.0 Å². The van der Waals surface area contributed by atoms with Crippen molar-refractivity contribution in [1.82, 2.24) is 10.2 Å². The zero-order valence-corrected chi connectivity index (χ0v) is 10.1. The number of nitrogens with zero attached hydrogens (tertiary/aromatic N) is 1. The molecule has 0 unspecified atom stereocenters. The van der Waals surface area contributed by atoms with E-state index in [4.69, 9.17) is 5.11 Å². The van der Waals surface area contributed by atoms with E-state index in [0.717, 1.165) is 24.2 Å². The molecule has 18 heavy (non-hydrogen) atoms. The fourth-order valence-corrected chi connectivity index (χ4v) is 1.97. The molecule has 0 saturated carbocycles. The molecule has 1 heterocycles. The fourth-order valence-electron chi connectivity index (χ4n) is 1.97. The van der Waals surface area contributed by atoms with Crippen LogP contribution in [0.15, 0.2) is 24.3 Å². The summed E-state index contributed by atoms with van der Waals surface area (Å²) in [7, 11) is 0. The average molecular weight is 244 g/mol. The molecule has 2 N–H and O–H groups in total. The molecule has 1 aliphatic heterocycles. The first-order chi connectivity index (χ1) is 8.78. The van der Waals surface area contributed by atoms with Gasteiger partial charge in [0.05, 0.1) is 6.54 Å². The van der Waals surface area contributed by atoms with Gasteiger partial charge in [0, 0.05) is 25.2 Å². The quantitative estimate of drug-likeness (QED) is 0.718. The van der Waals surface area contributed by atoms with Crippen LogP contribution in [0, 0.1) is 11.8 Å². The molecule has 0 aromatic heterocycles. The second-order valence-electron chi connectivity index (χ2n) is 4.22. The molecule has 1 amide bonds. The van der Waals surface area contributed by atoms with Crippen LogP contribution in [0.4, 0.5) is 0 Å². The van der Waals surface area contributed by atoms with Gasteiger partial charge in [0.1, 0.15) is 6.61 Å². The van der Waals surface area contributed by atoms with Gasteiger partial charge in [0.25, 0.3) is 0 Å². The zero-order valence-electron chi connectivity index (χ0n) is 10.1. The molecule has 4 heteroatoms. The minimum atomic E-state index is -0.128. The summed E-state index contributed by atoms with van der Waals surface area (Å²) >= 11 is 0. The number of benzene rings is 1. The maximum Gasteiger partial charge on any atom is 0.234 e. The molecular formula is C14H16N2O2. The lowest BCUT2D eigenvalue weighted by Gasteiger charge is -2.26. The minimum absolute atomic E-state index is 0.0810. The van der Waals surface area contributed by atoms with E-state index in [1.165, 1.54) is 0 Å². The normalized spacial score (nSPS) is 15.7. The number of carbonyl (C=O) groups is 1. The lowest BCUT2D eigenvalue weighted by molar-refractivity contribution is -0.124. The molecule has 0 atom stereocenters. The van der Waals surface area contributed by atoms with Crippen LogP contribution in [-0.4, -0.2) is 42.2 Å². The Morgan fingerprint density at radius 1 is 1.44 bits per heavy atom. The molecule has 0 radical (unpaired) electrons. The van der Waals surface area contributed by atoms with Gasteiger partial charge in [0.2, 0.25) is 5.91 Å². The van der Waals surface area contributed by atoms with E-state index in [2.05, 4.69) is 22.1 Å². The monoisotopic (exact) mass is 244 g/mol. The first-order valence-electron chi connectivity index (χ1n) is 5.95. The predicted molar refractivity (Wildman–Crippen MR) is 68.7 cm³/mol. The van der Waals surface area contributed by atoms with Crippen LogP contribution in [-0.2, 0) is 11.3 Å². The van der Waals surface area contributed by atoms with E-state index < -0.39 is 0 Å². The Kier molecular flexibility index (Phi) is 4.35.